The number of benzene rings is 1. The van der Waals surface area contributed by atoms with Crippen LogP contribution in [0.1, 0.15) is 18.9 Å². The van der Waals surface area contributed by atoms with Gasteiger partial charge in [-0.3, -0.25) is 4.79 Å². The summed E-state index contributed by atoms with van der Waals surface area (Å²) in [5, 5.41) is 2.70. The molecule has 0 saturated carbocycles. The van der Waals surface area contributed by atoms with Crippen LogP contribution in [0.4, 0.5) is 0 Å². The van der Waals surface area contributed by atoms with Crippen LogP contribution in [0.15, 0.2) is 30.3 Å². The summed E-state index contributed by atoms with van der Waals surface area (Å²) in [7, 11) is 0. The van der Waals surface area contributed by atoms with E-state index in [0.717, 1.165) is 5.56 Å². The minimum Gasteiger partial charge on any atom is -0.464 e. The number of ether oxygens (including phenoxy) is 1. The smallest absolute Gasteiger partial charge is 0.328 e. The number of rotatable bonds is 4. The fourth-order valence-electron chi connectivity index (χ4n) is 2.21. The average Bonchev–Trinajstić information content (AvgIpc) is 2.73. The molecule has 1 heterocycles. The van der Waals surface area contributed by atoms with E-state index in [2.05, 4.69) is 5.32 Å². The van der Waals surface area contributed by atoms with Crippen LogP contribution in [0.3, 0.4) is 0 Å². The Morgan fingerprint density at radius 3 is 2.78 bits per heavy atom. The van der Waals surface area contributed by atoms with Gasteiger partial charge in [-0.15, -0.1) is 0 Å². The van der Waals surface area contributed by atoms with Crippen LogP contribution in [0.5, 0.6) is 0 Å². The van der Waals surface area contributed by atoms with E-state index in [-0.39, 0.29) is 17.8 Å². The molecule has 1 aromatic rings. The highest BCUT2D eigenvalue weighted by molar-refractivity contribution is 5.89. The molecule has 1 fully saturated rings. The van der Waals surface area contributed by atoms with Crippen LogP contribution in [0.25, 0.3) is 0 Å². The molecule has 1 saturated heterocycles. The number of hydrogen-bond donors (Lipinski definition) is 1. The first-order valence-electron chi connectivity index (χ1n) is 6.21. The lowest BCUT2D eigenvalue weighted by Crippen LogP contribution is -2.34. The predicted molar refractivity (Wildman–Crippen MR) is 66.8 cm³/mol. The molecule has 0 radical (unpaired) electrons. The van der Waals surface area contributed by atoms with Crippen molar-refractivity contribution in [1.29, 1.82) is 0 Å². The highest BCUT2D eigenvalue weighted by atomic mass is 16.5. The van der Waals surface area contributed by atoms with E-state index in [1.54, 1.807) is 6.92 Å². The Kier molecular flexibility index (Phi) is 3.97. The van der Waals surface area contributed by atoms with Crippen LogP contribution in [-0.2, 0) is 20.7 Å². The molecule has 2 rings (SSSR count). The molecule has 0 aliphatic carbocycles. The lowest BCUT2D eigenvalue weighted by atomic mass is 9.96. The van der Waals surface area contributed by atoms with Gasteiger partial charge in [-0.1, -0.05) is 30.3 Å². The second-order valence-electron chi connectivity index (χ2n) is 4.44. The molecule has 1 aliphatic heterocycles. The van der Waals surface area contributed by atoms with Crippen molar-refractivity contribution in [3.8, 4) is 0 Å². The molecule has 1 aliphatic rings. The van der Waals surface area contributed by atoms with Crippen molar-refractivity contribution in [2.75, 3.05) is 6.61 Å². The van der Waals surface area contributed by atoms with Gasteiger partial charge in [0.05, 0.1) is 6.61 Å². The summed E-state index contributed by atoms with van der Waals surface area (Å²) in [4.78, 5) is 23.3. The molecule has 2 atom stereocenters. The average molecular weight is 247 g/mol. The summed E-state index contributed by atoms with van der Waals surface area (Å²) in [6.45, 7) is 2.10. The number of nitrogens with one attached hydrogen (secondary N) is 1. The van der Waals surface area contributed by atoms with Gasteiger partial charge in [0.25, 0.3) is 0 Å². The standard InChI is InChI=1S/C14H17NO3/c1-2-18-14(17)12-9-11(13(16)15-12)8-10-6-4-3-5-7-10/h3-7,11-12H,2,8-9H2,1H3,(H,15,16). The highest BCUT2D eigenvalue weighted by Crippen LogP contribution is 2.21. The third-order valence-corrected chi connectivity index (χ3v) is 3.10. The summed E-state index contributed by atoms with van der Waals surface area (Å²) in [5.41, 5.74) is 1.11. The molecule has 0 spiro atoms. The summed E-state index contributed by atoms with van der Waals surface area (Å²) >= 11 is 0. The van der Waals surface area contributed by atoms with E-state index >= 15 is 0 Å². The summed E-state index contributed by atoms with van der Waals surface area (Å²) in [5.74, 6) is -0.528. The molecule has 0 aromatic heterocycles. The van der Waals surface area contributed by atoms with Crippen molar-refractivity contribution >= 4 is 11.9 Å². The van der Waals surface area contributed by atoms with E-state index in [9.17, 15) is 9.59 Å². The van der Waals surface area contributed by atoms with Gasteiger partial charge in [0.2, 0.25) is 5.91 Å². The monoisotopic (exact) mass is 247 g/mol. The van der Waals surface area contributed by atoms with Crippen molar-refractivity contribution < 1.29 is 14.3 Å². The maximum absolute atomic E-state index is 11.8. The van der Waals surface area contributed by atoms with Gasteiger partial charge in [0, 0.05) is 5.92 Å². The van der Waals surface area contributed by atoms with Gasteiger partial charge < -0.3 is 10.1 Å². The van der Waals surface area contributed by atoms with E-state index in [0.29, 0.717) is 19.4 Å². The Labute approximate surface area is 106 Å². The van der Waals surface area contributed by atoms with E-state index in [1.807, 2.05) is 30.3 Å². The first kappa shape index (κ1) is 12.6. The Morgan fingerprint density at radius 1 is 1.39 bits per heavy atom. The molecule has 96 valence electrons. The van der Waals surface area contributed by atoms with Crippen molar-refractivity contribution in [2.24, 2.45) is 5.92 Å². The van der Waals surface area contributed by atoms with Crippen LogP contribution >= 0.6 is 0 Å². The van der Waals surface area contributed by atoms with Crippen molar-refractivity contribution in [3.05, 3.63) is 35.9 Å². The lowest BCUT2D eigenvalue weighted by Gasteiger charge is -2.08. The molecule has 1 aromatic carbocycles. The van der Waals surface area contributed by atoms with E-state index in [1.165, 1.54) is 0 Å². The van der Waals surface area contributed by atoms with Crippen LogP contribution < -0.4 is 5.32 Å². The zero-order chi connectivity index (χ0) is 13.0. The molecule has 0 bridgehead atoms. The molecule has 18 heavy (non-hydrogen) atoms. The third kappa shape index (κ3) is 2.88. The van der Waals surface area contributed by atoms with Gasteiger partial charge in [-0.25, -0.2) is 4.79 Å². The maximum atomic E-state index is 11.8. The van der Waals surface area contributed by atoms with Gasteiger partial charge in [-0.2, -0.15) is 0 Å². The number of carbonyl (C=O) groups is 2. The molecule has 1 amide bonds. The molecule has 1 N–H and O–H groups in total. The molecule has 2 unspecified atom stereocenters. The molecule has 4 nitrogen and oxygen atoms in total. The minimum absolute atomic E-state index is 0.0584. The second-order valence-corrected chi connectivity index (χ2v) is 4.44. The summed E-state index contributed by atoms with van der Waals surface area (Å²) in [6.07, 6.45) is 1.19. The first-order valence-corrected chi connectivity index (χ1v) is 6.21. The molecular formula is C14H17NO3. The summed E-state index contributed by atoms with van der Waals surface area (Å²) < 4.78 is 4.92. The first-order chi connectivity index (χ1) is 8.70. The Balaban J connectivity index is 1.95. The molecular weight excluding hydrogens is 230 g/mol. The highest BCUT2D eigenvalue weighted by Gasteiger charge is 2.36. The topological polar surface area (TPSA) is 55.4 Å². The Hall–Kier alpha value is -1.84. The van der Waals surface area contributed by atoms with Gasteiger partial charge >= 0.3 is 5.97 Å². The fourth-order valence-corrected chi connectivity index (χ4v) is 2.21. The maximum Gasteiger partial charge on any atom is 0.328 e. The third-order valence-electron chi connectivity index (χ3n) is 3.10. The number of hydrogen-bond acceptors (Lipinski definition) is 3. The zero-order valence-corrected chi connectivity index (χ0v) is 10.4. The van der Waals surface area contributed by atoms with Gasteiger partial charge in [0.1, 0.15) is 6.04 Å². The number of esters is 1. The predicted octanol–water partition coefficient (Wildman–Crippen LogP) is 1.30. The lowest BCUT2D eigenvalue weighted by molar-refractivity contribution is -0.145. The summed E-state index contributed by atoms with van der Waals surface area (Å²) in [6, 6.07) is 9.34. The normalized spacial score (nSPS) is 22.6. The Morgan fingerprint density at radius 2 is 2.11 bits per heavy atom. The zero-order valence-electron chi connectivity index (χ0n) is 10.4. The number of carbonyl (C=O) groups excluding carboxylic acids is 2. The second kappa shape index (κ2) is 5.67. The van der Waals surface area contributed by atoms with Gasteiger partial charge in [0.15, 0.2) is 0 Å². The SMILES string of the molecule is CCOC(=O)C1CC(Cc2ccccc2)C(=O)N1. The van der Waals surface area contributed by atoms with Crippen molar-refractivity contribution in [2.45, 2.75) is 25.8 Å². The Bertz CT molecular complexity index is 430. The largest absolute Gasteiger partial charge is 0.464 e. The van der Waals surface area contributed by atoms with E-state index < -0.39 is 6.04 Å². The van der Waals surface area contributed by atoms with Crippen LogP contribution in [0, 0.1) is 5.92 Å². The van der Waals surface area contributed by atoms with Crippen molar-refractivity contribution in [3.63, 3.8) is 0 Å². The van der Waals surface area contributed by atoms with Crippen LogP contribution in [-0.4, -0.2) is 24.5 Å². The van der Waals surface area contributed by atoms with Crippen molar-refractivity contribution in [1.82, 2.24) is 5.32 Å². The number of amides is 1. The van der Waals surface area contributed by atoms with Gasteiger partial charge in [-0.05, 0) is 25.3 Å². The fraction of sp³-hybridized carbons (Fsp3) is 0.429. The van der Waals surface area contributed by atoms with E-state index in [4.69, 9.17) is 4.74 Å². The van der Waals surface area contributed by atoms with Crippen LogP contribution in [0.2, 0.25) is 0 Å². The quantitative estimate of drug-likeness (QED) is 0.816. The molecule has 4 heteroatoms. The minimum atomic E-state index is -0.480.